The maximum Gasteiger partial charge on any atom is 0.168 e. The Morgan fingerprint density at radius 3 is 2.24 bits per heavy atom. The van der Waals surface area contributed by atoms with E-state index in [2.05, 4.69) is 0 Å². The number of aliphatic hydroxyl groups excluding tert-OH is 1. The van der Waals surface area contributed by atoms with Gasteiger partial charge in [0.1, 0.15) is 0 Å². The van der Waals surface area contributed by atoms with Gasteiger partial charge in [0.2, 0.25) is 0 Å². The van der Waals surface area contributed by atoms with Gasteiger partial charge in [-0.15, -0.1) is 0 Å². The molecule has 21 heavy (non-hydrogen) atoms. The summed E-state index contributed by atoms with van der Waals surface area (Å²) in [6.45, 7) is 2.31. The molecule has 0 aliphatic heterocycles. The van der Waals surface area contributed by atoms with Crippen molar-refractivity contribution in [3.8, 4) is 0 Å². The van der Waals surface area contributed by atoms with Gasteiger partial charge >= 0.3 is 0 Å². The molecule has 0 unspecified atom stereocenters. The summed E-state index contributed by atoms with van der Waals surface area (Å²) in [5.41, 5.74) is 1.67. The number of hydrogen-bond donors (Lipinski definition) is 1. The number of rotatable bonds is 7. The maximum absolute atomic E-state index is 12.2. The van der Waals surface area contributed by atoms with Gasteiger partial charge in [-0.1, -0.05) is 67.6 Å². The quantitative estimate of drug-likeness (QED) is 0.795. The topological polar surface area (TPSA) is 46.5 Å². The fourth-order valence-corrected chi connectivity index (χ4v) is 2.06. The Morgan fingerprint density at radius 1 is 1.05 bits per heavy atom. The molecule has 0 bridgehead atoms. The second-order valence-corrected chi connectivity index (χ2v) is 5.09. The Hall–Kier alpha value is -1.97. The third-order valence-corrected chi connectivity index (χ3v) is 3.45. The van der Waals surface area contributed by atoms with Gasteiger partial charge in [0.05, 0.1) is 19.3 Å². The second-order valence-electron chi connectivity index (χ2n) is 5.09. The van der Waals surface area contributed by atoms with Crippen LogP contribution < -0.4 is 0 Å². The standard InChI is InChI=1S/C18H20O3/c1-14(18(20)16-10-6-3-7-11-16)17(19)13-21-12-15-8-4-2-5-9-15/h2-11,14,17,19H,12-13H2,1H3/t14-,17-/m1/s1. The molecule has 0 fully saturated rings. The Morgan fingerprint density at radius 2 is 1.62 bits per heavy atom. The van der Waals surface area contributed by atoms with Crippen LogP contribution in [0, 0.1) is 5.92 Å². The van der Waals surface area contributed by atoms with Crippen molar-refractivity contribution in [3.63, 3.8) is 0 Å². The number of ether oxygens (including phenoxy) is 1. The summed E-state index contributed by atoms with van der Waals surface area (Å²) >= 11 is 0. The van der Waals surface area contributed by atoms with Crippen LogP contribution in [-0.2, 0) is 11.3 Å². The van der Waals surface area contributed by atoms with Crippen LogP contribution in [0.15, 0.2) is 60.7 Å². The highest BCUT2D eigenvalue weighted by Gasteiger charge is 2.23. The van der Waals surface area contributed by atoms with Gasteiger partial charge in [-0.05, 0) is 5.56 Å². The van der Waals surface area contributed by atoms with Crippen molar-refractivity contribution in [1.29, 1.82) is 0 Å². The summed E-state index contributed by atoms with van der Waals surface area (Å²) in [5, 5.41) is 10.1. The van der Waals surface area contributed by atoms with Crippen LogP contribution in [0.4, 0.5) is 0 Å². The molecule has 1 N–H and O–H groups in total. The van der Waals surface area contributed by atoms with Gasteiger partial charge in [0.25, 0.3) is 0 Å². The van der Waals surface area contributed by atoms with Crippen molar-refractivity contribution >= 4 is 5.78 Å². The van der Waals surface area contributed by atoms with E-state index in [1.165, 1.54) is 0 Å². The van der Waals surface area contributed by atoms with E-state index in [0.717, 1.165) is 5.56 Å². The summed E-state index contributed by atoms with van der Waals surface area (Å²) in [6, 6.07) is 18.8. The van der Waals surface area contributed by atoms with Crippen LogP contribution in [-0.4, -0.2) is 23.6 Å². The van der Waals surface area contributed by atoms with E-state index in [0.29, 0.717) is 12.2 Å². The van der Waals surface area contributed by atoms with Crippen molar-refractivity contribution in [2.75, 3.05) is 6.61 Å². The number of carbonyl (C=O) groups is 1. The number of Topliss-reactive ketones (excluding diaryl/α,β-unsaturated/α-hetero) is 1. The summed E-state index contributed by atoms with van der Waals surface area (Å²) in [6.07, 6.45) is -0.804. The van der Waals surface area contributed by atoms with Crippen LogP contribution >= 0.6 is 0 Å². The average molecular weight is 284 g/mol. The minimum atomic E-state index is -0.804. The van der Waals surface area contributed by atoms with E-state index in [4.69, 9.17) is 4.74 Å². The number of benzene rings is 2. The summed E-state index contributed by atoms with van der Waals surface area (Å²) in [4.78, 5) is 12.2. The lowest BCUT2D eigenvalue weighted by Crippen LogP contribution is -2.30. The van der Waals surface area contributed by atoms with Gasteiger partial charge in [0, 0.05) is 11.5 Å². The number of aliphatic hydroxyl groups is 1. The lowest BCUT2D eigenvalue weighted by molar-refractivity contribution is 0.00495. The molecule has 0 aromatic heterocycles. The molecule has 2 atom stereocenters. The predicted octanol–water partition coefficient (Wildman–Crippen LogP) is 3.08. The molecule has 0 radical (unpaired) electrons. The second kappa shape index (κ2) is 7.72. The Kier molecular flexibility index (Phi) is 5.67. The first-order valence-corrected chi connectivity index (χ1v) is 7.07. The molecule has 0 heterocycles. The lowest BCUT2D eigenvalue weighted by atomic mass is 9.95. The van der Waals surface area contributed by atoms with Crippen LogP contribution in [0.3, 0.4) is 0 Å². The third kappa shape index (κ3) is 4.52. The maximum atomic E-state index is 12.2. The smallest absolute Gasteiger partial charge is 0.168 e. The van der Waals surface area contributed by atoms with Crippen LogP contribution in [0.25, 0.3) is 0 Å². The van der Waals surface area contributed by atoms with Gasteiger partial charge < -0.3 is 9.84 Å². The third-order valence-electron chi connectivity index (χ3n) is 3.45. The summed E-state index contributed by atoms with van der Waals surface area (Å²) < 4.78 is 5.49. The van der Waals surface area contributed by atoms with E-state index in [1.807, 2.05) is 48.5 Å². The Bertz CT molecular complexity index is 551. The largest absolute Gasteiger partial charge is 0.390 e. The van der Waals surface area contributed by atoms with Crippen molar-refractivity contribution in [2.24, 2.45) is 5.92 Å². The molecule has 2 aromatic carbocycles. The molecular weight excluding hydrogens is 264 g/mol. The normalized spacial score (nSPS) is 13.6. The highest BCUT2D eigenvalue weighted by molar-refractivity contribution is 5.97. The fourth-order valence-electron chi connectivity index (χ4n) is 2.06. The molecule has 0 saturated carbocycles. The van der Waals surface area contributed by atoms with Crippen LogP contribution in [0.5, 0.6) is 0 Å². The molecule has 0 spiro atoms. The first-order chi connectivity index (χ1) is 10.2. The average Bonchev–Trinajstić information content (AvgIpc) is 2.55. The first kappa shape index (κ1) is 15.4. The number of ketones is 1. The van der Waals surface area contributed by atoms with Gasteiger partial charge in [0.15, 0.2) is 5.78 Å². The molecular formula is C18H20O3. The predicted molar refractivity (Wildman–Crippen MR) is 82.0 cm³/mol. The molecule has 110 valence electrons. The minimum absolute atomic E-state index is 0.0635. The molecule has 0 aliphatic rings. The van der Waals surface area contributed by atoms with Gasteiger partial charge in [-0.2, -0.15) is 0 Å². The summed E-state index contributed by atoms with van der Waals surface area (Å²) in [5.74, 6) is -0.547. The SMILES string of the molecule is C[C@@H](C(=O)c1ccccc1)[C@H](O)COCc1ccccc1. The minimum Gasteiger partial charge on any atom is -0.390 e. The van der Waals surface area contributed by atoms with Gasteiger partial charge in [-0.3, -0.25) is 4.79 Å². The zero-order chi connectivity index (χ0) is 15.1. The van der Waals surface area contributed by atoms with E-state index in [1.54, 1.807) is 19.1 Å². The molecule has 3 nitrogen and oxygen atoms in total. The molecule has 0 aliphatic carbocycles. The molecule has 2 aromatic rings. The molecule has 0 amide bonds. The van der Waals surface area contributed by atoms with Crippen molar-refractivity contribution in [3.05, 3.63) is 71.8 Å². The Labute approximate surface area is 125 Å². The van der Waals surface area contributed by atoms with Crippen LogP contribution in [0.1, 0.15) is 22.8 Å². The van der Waals surface area contributed by atoms with Crippen molar-refractivity contribution in [1.82, 2.24) is 0 Å². The van der Waals surface area contributed by atoms with Crippen molar-refractivity contribution in [2.45, 2.75) is 19.6 Å². The van der Waals surface area contributed by atoms with E-state index in [-0.39, 0.29) is 12.4 Å². The number of carbonyl (C=O) groups excluding carboxylic acids is 1. The van der Waals surface area contributed by atoms with E-state index in [9.17, 15) is 9.90 Å². The molecule has 2 rings (SSSR count). The van der Waals surface area contributed by atoms with Gasteiger partial charge in [-0.25, -0.2) is 0 Å². The van der Waals surface area contributed by atoms with Crippen molar-refractivity contribution < 1.29 is 14.6 Å². The lowest BCUT2D eigenvalue weighted by Gasteiger charge is -2.18. The zero-order valence-corrected chi connectivity index (χ0v) is 12.1. The highest BCUT2D eigenvalue weighted by Crippen LogP contribution is 2.13. The summed E-state index contributed by atoms with van der Waals surface area (Å²) in [7, 11) is 0. The van der Waals surface area contributed by atoms with E-state index >= 15 is 0 Å². The zero-order valence-electron chi connectivity index (χ0n) is 12.1. The fraction of sp³-hybridized carbons (Fsp3) is 0.278. The first-order valence-electron chi connectivity index (χ1n) is 7.07. The molecule has 0 saturated heterocycles. The molecule has 3 heteroatoms. The van der Waals surface area contributed by atoms with Crippen LogP contribution in [0.2, 0.25) is 0 Å². The number of hydrogen-bond acceptors (Lipinski definition) is 3. The Balaban J connectivity index is 1.82. The van der Waals surface area contributed by atoms with E-state index < -0.39 is 12.0 Å². The monoisotopic (exact) mass is 284 g/mol. The highest BCUT2D eigenvalue weighted by atomic mass is 16.5.